The van der Waals surface area contributed by atoms with Crippen LogP contribution in [0, 0.1) is 6.92 Å². The second-order valence-corrected chi connectivity index (χ2v) is 9.07. The van der Waals surface area contributed by atoms with Gasteiger partial charge >= 0.3 is 0 Å². The molecular weight excluding hydrogens is 344 g/mol. The summed E-state index contributed by atoms with van der Waals surface area (Å²) in [5, 5.41) is 0. The van der Waals surface area contributed by atoms with E-state index in [0.29, 0.717) is 24.5 Å². The summed E-state index contributed by atoms with van der Waals surface area (Å²) in [6.07, 6.45) is 2.04. The minimum absolute atomic E-state index is 0.139. The van der Waals surface area contributed by atoms with Crippen molar-refractivity contribution in [1.82, 2.24) is 4.31 Å². The molecule has 140 valence electrons. The number of hydrogen-bond acceptors (Lipinski definition) is 3. The van der Waals surface area contributed by atoms with E-state index in [1.54, 1.807) is 16.4 Å². The van der Waals surface area contributed by atoms with Gasteiger partial charge in [0, 0.05) is 31.4 Å². The third-order valence-corrected chi connectivity index (χ3v) is 6.94. The molecule has 0 radical (unpaired) electrons. The molecule has 1 aliphatic heterocycles. The van der Waals surface area contributed by atoms with Crippen LogP contribution in [0.25, 0.3) is 0 Å². The highest BCUT2D eigenvalue weighted by molar-refractivity contribution is 7.89. The topological polar surface area (TPSA) is 40.6 Å². The Morgan fingerprint density at radius 3 is 2.23 bits per heavy atom. The largest absolute Gasteiger partial charge is 0.366 e. The van der Waals surface area contributed by atoms with Crippen LogP contribution >= 0.6 is 0 Å². The average Bonchev–Trinajstić information content (AvgIpc) is 2.63. The van der Waals surface area contributed by atoms with Crippen molar-refractivity contribution in [2.24, 2.45) is 0 Å². The molecule has 2 aromatic carbocycles. The first kappa shape index (κ1) is 18.9. The quantitative estimate of drug-likeness (QED) is 0.800. The summed E-state index contributed by atoms with van der Waals surface area (Å²) in [7, 11) is -3.43. The molecule has 1 unspecified atom stereocenters. The fraction of sp³-hybridized carbons (Fsp3) is 0.429. The second kappa shape index (κ2) is 7.80. The average molecular weight is 373 g/mol. The number of anilines is 1. The maximum absolute atomic E-state index is 13.0. The van der Waals surface area contributed by atoms with Gasteiger partial charge < -0.3 is 4.90 Å². The Labute approximate surface area is 157 Å². The Morgan fingerprint density at radius 2 is 1.65 bits per heavy atom. The van der Waals surface area contributed by atoms with Gasteiger partial charge in [-0.05, 0) is 50.1 Å². The molecule has 1 atom stereocenters. The number of nitrogens with zero attached hydrogens (tertiary/aromatic N) is 2. The zero-order valence-electron chi connectivity index (χ0n) is 15.9. The number of rotatable bonds is 5. The molecule has 0 bridgehead atoms. The van der Waals surface area contributed by atoms with E-state index in [4.69, 9.17) is 0 Å². The van der Waals surface area contributed by atoms with Crippen molar-refractivity contribution < 1.29 is 8.42 Å². The molecule has 0 aliphatic carbocycles. The van der Waals surface area contributed by atoms with Gasteiger partial charge in [-0.1, -0.05) is 43.2 Å². The summed E-state index contributed by atoms with van der Waals surface area (Å²) in [6, 6.07) is 15.9. The van der Waals surface area contributed by atoms with Gasteiger partial charge in [0.1, 0.15) is 0 Å². The van der Waals surface area contributed by atoms with Crippen LogP contribution in [0.1, 0.15) is 31.4 Å². The fourth-order valence-corrected chi connectivity index (χ4v) is 5.04. The van der Waals surface area contributed by atoms with Gasteiger partial charge in [0.2, 0.25) is 10.0 Å². The predicted molar refractivity (Wildman–Crippen MR) is 107 cm³/mol. The molecule has 0 amide bonds. The smallest absolute Gasteiger partial charge is 0.243 e. The monoisotopic (exact) mass is 372 g/mol. The summed E-state index contributed by atoms with van der Waals surface area (Å²) in [4.78, 5) is 2.68. The number of aryl methyl sites for hydroxylation is 2. The van der Waals surface area contributed by atoms with Crippen LogP contribution in [0.15, 0.2) is 53.4 Å². The Bertz CT molecular complexity index is 829. The summed E-state index contributed by atoms with van der Waals surface area (Å²) in [6.45, 7) is 8.01. The van der Waals surface area contributed by atoms with Crippen LogP contribution in [0.5, 0.6) is 0 Å². The van der Waals surface area contributed by atoms with Crippen LogP contribution in [0.2, 0.25) is 0 Å². The van der Waals surface area contributed by atoms with Gasteiger partial charge in [-0.3, -0.25) is 0 Å². The predicted octanol–water partition coefficient (Wildman–Crippen LogP) is 3.85. The molecule has 1 saturated heterocycles. The maximum atomic E-state index is 13.0. The molecule has 2 aromatic rings. The number of piperazine rings is 1. The van der Waals surface area contributed by atoms with E-state index in [2.05, 4.69) is 49.9 Å². The van der Waals surface area contributed by atoms with Crippen LogP contribution in [-0.4, -0.2) is 38.4 Å². The molecule has 4 nitrogen and oxygen atoms in total. The van der Waals surface area contributed by atoms with E-state index in [-0.39, 0.29) is 6.04 Å². The maximum Gasteiger partial charge on any atom is 0.243 e. The Morgan fingerprint density at radius 1 is 1.00 bits per heavy atom. The molecule has 0 saturated carbocycles. The Balaban J connectivity index is 1.73. The molecule has 0 N–H and O–H groups in total. The normalized spacial score (nSPS) is 18.9. The third-order valence-electron chi connectivity index (χ3n) is 5.06. The highest BCUT2D eigenvalue weighted by Crippen LogP contribution is 2.25. The van der Waals surface area contributed by atoms with E-state index < -0.39 is 10.0 Å². The highest BCUT2D eigenvalue weighted by Gasteiger charge is 2.32. The van der Waals surface area contributed by atoms with E-state index >= 15 is 0 Å². The van der Waals surface area contributed by atoms with Crippen molar-refractivity contribution >= 4 is 15.7 Å². The molecule has 0 aromatic heterocycles. The number of benzene rings is 2. The lowest BCUT2D eigenvalue weighted by molar-refractivity contribution is 0.342. The lowest BCUT2D eigenvalue weighted by Crippen LogP contribution is -2.53. The molecule has 26 heavy (non-hydrogen) atoms. The zero-order valence-corrected chi connectivity index (χ0v) is 16.7. The van der Waals surface area contributed by atoms with E-state index in [1.807, 2.05) is 12.1 Å². The lowest BCUT2D eigenvalue weighted by Gasteiger charge is -2.40. The second-order valence-electron chi connectivity index (χ2n) is 7.13. The van der Waals surface area contributed by atoms with Gasteiger partial charge in [0.05, 0.1) is 4.90 Å². The SMILES string of the molecule is CCCc1ccc(S(=O)(=O)N2CCN(c3ccc(C)cc3)C(C)C2)cc1. The summed E-state index contributed by atoms with van der Waals surface area (Å²) >= 11 is 0. The van der Waals surface area contributed by atoms with Gasteiger partial charge in [-0.2, -0.15) is 4.31 Å². The first-order chi connectivity index (χ1) is 12.4. The lowest BCUT2D eigenvalue weighted by atomic mass is 10.1. The molecule has 1 heterocycles. The van der Waals surface area contributed by atoms with Crippen LogP contribution in [-0.2, 0) is 16.4 Å². The first-order valence-electron chi connectivity index (χ1n) is 9.34. The molecule has 0 spiro atoms. The minimum Gasteiger partial charge on any atom is -0.366 e. The number of hydrogen-bond donors (Lipinski definition) is 0. The van der Waals surface area contributed by atoms with E-state index in [9.17, 15) is 8.42 Å². The molecule has 1 fully saturated rings. The van der Waals surface area contributed by atoms with Crippen molar-refractivity contribution in [2.75, 3.05) is 24.5 Å². The highest BCUT2D eigenvalue weighted by atomic mass is 32.2. The van der Waals surface area contributed by atoms with Gasteiger partial charge in [-0.25, -0.2) is 8.42 Å². The first-order valence-corrected chi connectivity index (χ1v) is 10.8. The Hall–Kier alpha value is -1.85. The van der Waals surface area contributed by atoms with Gasteiger partial charge in [0.25, 0.3) is 0 Å². The third kappa shape index (κ3) is 3.94. The molecule has 1 aliphatic rings. The zero-order chi connectivity index (χ0) is 18.7. The van der Waals surface area contributed by atoms with Crippen molar-refractivity contribution in [1.29, 1.82) is 0 Å². The van der Waals surface area contributed by atoms with Crippen LogP contribution < -0.4 is 4.90 Å². The van der Waals surface area contributed by atoms with Crippen molar-refractivity contribution in [3.8, 4) is 0 Å². The summed E-state index contributed by atoms with van der Waals surface area (Å²) in [5.74, 6) is 0. The Kier molecular flexibility index (Phi) is 5.68. The van der Waals surface area contributed by atoms with Crippen LogP contribution in [0.4, 0.5) is 5.69 Å². The summed E-state index contributed by atoms with van der Waals surface area (Å²) in [5.41, 5.74) is 3.57. The van der Waals surface area contributed by atoms with Crippen LogP contribution in [0.3, 0.4) is 0 Å². The van der Waals surface area contributed by atoms with Crippen molar-refractivity contribution in [3.05, 3.63) is 59.7 Å². The molecule has 5 heteroatoms. The molecule has 3 rings (SSSR count). The van der Waals surface area contributed by atoms with Gasteiger partial charge in [0.15, 0.2) is 0 Å². The molecular formula is C21H28N2O2S. The van der Waals surface area contributed by atoms with Crippen molar-refractivity contribution in [2.45, 2.75) is 44.6 Å². The fourth-order valence-electron chi connectivity index (χ4n) is 3.53. The van der Waals surface area contributed by atoms with E-state index in [0.717, 1.165) is 18.5 Å². The van der Waals surface area contributed by atoms with E-state index in [1.165, 1.54) is 11.1 Å². The number of sulfonamides is 1. The summed E-state index contributed by atoms with van der Waals surface area (Å²) < 4.78 is 27.6. The van der Waals surface area contributed by atoms with Crippen molar-refractivity contribution in [3.63, 3.8) is 0 Å². The standard InChI is InChI=1S/C21H28N2O2S/c1-4-5-19-8-12-21(13-9-19)26(24,25)22-14-15-23(18(3)16-22)20-10-6-17(2)7-11-20/h6-13,18H,4-5,14-16H2,1-3H3. The van der Waals surface area contributed by atoms with Gasteiger partial charge in [-0.15, -0.1) is 0 Å². The minimum atomic E-state index is -3.43.